The summed E-state index contributed by atoms with van der Waals surface area (Å²) in [6, 6.07) is 7.87. The van der Waals surface area contributed by atoms with Crippen LogP contribution in [0.25, 0.3) is 0 Å². The molecule has 20 heavy (non-hydrogen) atoms. The number of hydrogen-bond acceptors (Lipinski definition) is 3. The van der Waals surface area contributed by atoms with Gasteiger partial charge in [-0.15, -0.1) is 12.4 Å². The summed E-state index contributed by atoms with van der Waals surface area (Å²) in [5.74, 6) is -0.183. The molecule has 2 rings (SSSR count). The Morgan fingerprint density at radius 2 is 2.05 bits per heavy atom. The second-order valence-electron chi connectivity index (χ2n) is 4.59. The molecular formula is C14H20ClN3O2. The zero-order chi connectivity index (χ0) is 13.7. The number of hydrogen-bond donors (Lipinski definition) is 2. The molecule has 110 valence electrons. The smallest absolute Gasteiger partial charge is 0.246 e. The molecule has 0 saturated carbocycles. The Hall–Kier alpha value is -1.59. The van der Waals surface area contributed by atoms with E-state index >= 15 is 0 Å². The molecule has 1 aliphatic rings. The molecule has 0 atom stereocenters. The molecule has 0 bridgehead atoms. The molecule has 1 aromatic carbocycles. The zero-order valence-electron chi connectivity index (χ0n) is 11.3. The first-order valence-corrected chi connectivity index (χ1v) is 6.57. The van der Waals surface area contributed by atoms with Crippen LogP contribution in [0.5, 0.6) is 0 Å². The van der Waals surface area contributed by atoms with E-state index < -0.39 is 0 Å². The van der Waals surface area contributed by atoms with Crippen LogP contribution in [0.1, 0.15) is 18.4 Å². The normalized spacial score (nSPS) is 12.6. The molecule has 1 heterocycles. The molecule has 0 aromatic heterocycles. The molecular weight excluding hydrogens is 278 g/mol. The minimum Gasteiger partial charge on any atom is -0.347 e. The first-order chi connectivity index (χ1) is 9.22. The largest absolute Gasteiger partial charge is 0.347 e. The third-order valence-electron chi connectivity index (χ3n) is 3.23. The van der Waals surface area contributed by atoms with E-state index in [4.69, 9.17) is 5.73 Å². The van der Waals surface area contributed by atoms with Gasteiger partial charge in [0.2, 0.25) is 11.8 Å². The standard InChI is InChI=1S/C14H19N3O2.ClH/c15-8-3-6-13(18)16-10-14(19)17-9-7-11-4-1-2-5-12(11)17;/h1-2,4-5H,3,6-10,15H2,(H,16,18);1H. The first-order valence-electron chi connectivity index (χ1n) is 6.57. The van der Waals surface area contributed by atoms with E-state index in [0.717, 1.165) is 12.1 Å². The predicted molar refractivity (Wildman–Crippen MR) is 81.0 cm³/mol. The van der Waals surface area contributed by atoms with E-state index in [9.17, 15) is 9.59 Å². The lowest BCUT2D eigenvalue weighted by Crippen LogP contribution is -2.39. The van der Waals surface area contributed by atoms with Crippen LogP contribution in [0.4, 0.5) is 5.69 Å². The molecule has 2 amide bonds. The maximum atomic E-state index is 12.1. The van der Waals surface area contributed by atoms with Gasteiger partial charge < -0.3 is 16.0 Å². The molecule has 0 spiro atoms. The Morgan fingerprint density at radius 1 is 1.30 bits per heavy atom. The quantitative estimate of drug-likeness (QED) is 0.846. The zero-order valence-corrected chi connectivity index (χ0v) is 12.1. The number of amides is 2. The molecule has 5 nitrogen and oxygen atoms in total. The minimum atomic E-state index is -0.119. The minimum absolute atomic E-state index is 0. The Morgan fingerprint density at radius 3 is 2.80 bits per heavy atom. The summed E-state index contributed by atoms with van der Waals surface area (Å²) in [5.41, 5.74) is 7.48. The van der Waals surface area contributed by atoms with Crippen molar-refractivity contribution in [3.8, 4) is 0 Å². The molecule has 1 aromatic rings. The van der Waals surface area contributed by atoms with Crippen molar-refractivity contribution < 1.29 is 9.59 Å². The van der Waals surface area contributed by atoms with Gasteiger partial charge in [-0.05, 0) is 31.0 Å². The molecule has 0 saturated heterocycles. The molecule has 3 N–H and O–H groups in total. The van der Waals surface area contributed by atoms with Crippen molar-refractivity contribution in [1.82, 2.24) is 5.32 Å². The van der Waals surface area contributed by atoms with Crippen molar-refractivity contribution in [2.24, 2.45) is 5.73 Å². The molecule has 0 radical (unpaired) electrons. The number of halogens is 1. The van der Waals surface area contributed by atoms with Crippen LogP contribution < -0.4 is 16.0 Å². The summed E-state index contributed by atoms with van der Waals surface area (Å²) in [6.07, 6.45) is 1.90. The van der Waals surface area contributed by atoms with Gasteiger partial charge in [-0.3, -0.25) is 9.59 Å². The predicted octanol–water partition coefficient (Wildman–Crippen LogP) is 0.853. The van der Waals surface area contributed by atoms with Crippen molar-refractivity contribution >= 4 is 29.9 Å². The van der Waals surface area contributed by atoms with Gasteiger partial charge in [0, 0.05) is 18.7 Å². The van der Waals surface area contributed by atoms with Gasteiger partial charge in [0.05, 0.1) is 6.54 Å². The van der Waals surface area contributed by atoms with E-state index in [1.54, 1.807) is 4.90 Å². The molecule has 6 heteroatoms. The van der Waals surface area contributed by atoms with Gasteiger partial charge >= 0.3 is 0 Å². The van der Waals surface area contributed by atoms with Gasteiger partial charge in [-0.1, -0.05) is 18.2 Å². The number of benzene rings is 1. The van der Waals surface area contributed by atoms with Crippen LogP contribution in [0, 0.1) is 0 Å². The Balaban J connectivity index is 0.00000200. The van der Waals surface area contributed by atoms with Crippen molar-refractivity contribution in [3.63, 3.8) is 0 Å². The number of anilines is 1. The Bertz CT molecular complexity index is 479. The second kappa shape index (κ2) is 7.87. The van der Waals surface area contributed by atoms with Gasteiger partial charge in [-0.25, -0.2) is 0 Å². The second-order valence-corrected chi connectivity index (χ2v) is 4.59. The summed E-state index contributed by atoms with van der Waals surface area (Å²) < 4.78 is 0. The fourth-order valence-corrected chi connectivity index (χ4v) is 2.22. The summed E-state index contributed by atoms with van der Waals surface area (Å²) in [4.78, 5) is 25.2. The van der Waals surface area contributed by atoms with Crippen molar-refractivity contribution in [2.45, 2.75) is 19.3 Å². The fraction of sp³-hybridized carbons (Fsp3) is 0.429. The summed E-state index contributed by atoms with van der Waals surface area (Å²) >= 11 is 0. The topological polar surface area (TPSA) is 75.4 Å². The monoisotopic (exact) mass is 297 g/mol. The number of nitrogens with one attached hydrogen (secondary N) is 1. The van der Waals surface area contributed by atoms with Crippen molar-refractivity contribution in [3.05, 3.63) is 29.8 Å². The van der Waals surface area contributed by atoms with Crippen molar-refractivity contribution in [1.29, 1.82) is 0 Å². The maximum Gasteiger partial charge on any atom is 0.246 e. The van der Waals surface area contributed by atoms with E-state index in [2.05, 4.69) is 5.32 Å². The Kier molecular flexibility index (Phi) is 6.48. The van der Waals surface area contributed by atoms with Crippen LogP contribution >= 0.6 is 12.4 Å². The number of nitrogens with two attached hydrogens (primary N) is 1. The molecule has 0 aliphatic carbocycles. The molecule has 0 fully saturated rings. The van der Waals surface area contributed by atoms with Gasteiger partial charge in [0.1, 0.15) is 0 Å². The SMILES string of the molecule is Cl.NCCCC(=O)NCC(=O)N1CCc2ccccc21. The van der Waals surface area contributed by atoms with Crippen LogP contribution in [-0.4, -0.2) is 31.4 Å². The highest BCUT2D eigenvalue weighted by atomic mass is 35.5. The number of carbonyl (C=O) groups is 2. The van der Waals surface area contributed by atoms with Crippen molar-refractivity contribution in [2.75, 3.05) is 24.5 Å². The number of nitrogens with zero attached hydrogens (tertiary/aromatic N) is 1. The highest BCUT2D eigenvalue weighted by Crippen LogP contribution is 2.27. The van der Waals surface area contributed by atoms with E-state index in [0.29, 0.717) is 25.9 Å². The van der Waals surface area contributed by atoms with Gasteiger partial charge in [0.25, 0.3) is 0 Å². The fourth-order valence-electron chi connectivity index (χ4n) is 2.22. The third-order valence-corrected chi connectivity index (χ3v) is 3.23. The van der Waals surface area contributed by atoms with Crippen LogP contribution in [0.2, 0.25) is 0 Å². The lowest BCUT2D eigenvalue weighted by atomic mass is 10.2. The number of fused-ring (bicyclic) bond motifs is 1. The van der Waals surface area contributed by atoms with E-state index in [1.165, 1.54) is 5.56 Å². The average Bonchev–Trinajstić information content (AvgIpc) is 2.86. The van der Waals surface area contributed by atoms with Crippen LogP contribution in [0.3, 0.4) is 0 Å². The first kappa shape index (κ1) is 16.5. The average molecular weight is 298 g/mol. The van der Waals surface area contributed by atoms with Gasteiger partial charge in [0.15, 0.2) is 0 Å². The third kappa shape index (κ3) is 3.95. The number of carbonyl (C=O) groups excluding carboxylic acids is 2. The number of rotatable bonds is 5. The van der Waals surface area contributed by atoms with E-state index in [-0.39, 0.29) is 30.8 Å². The maximum absolute atomic E-state index is 12.1. The summed E-state index contributed by atoms with van der Waals surface area (Å²) in [5, 5.41) is 2.64. The molecule has 0 unspecified atom stereocenters. The Labute approximate surface area is 124 Å². The summed E-state index contributed by atoms with van der Waals surface area (Å²) in [7, 11) is 0. The molecule has 1 aliphatic heterocycles. The highest BCUT2D eigenvalue weighted by molar-refractivity contribution is 5.98. The van der Waals surface area contributed by atoms with Gasteiger partial charge in [-0.2, -0.15) is 0 Å². The lowest BCUT2D eigenvalue weighted by molar-refractivity contribution is -0.125. The highest BCUT2D eigenvalue weighted by Gasteiger charge is 2.23. The van der Waals surface area contributed by atoms with Crippen LogP contribution in [-0.2, 0) is 16.0 Å². The van der Waals surface area contributed by atoms with E-state index in [1.807, 2.05) is 24.3 Å². The van der Waals surface area contributed by atoms with Crippen LogP contribution in [0.15, 0.2) is 24.3 Å². The number of para-hydroxylation sites is 1. The lowest BCUT2D eigenvalue weighted by Gasteiger charge is -2.17. The summed E-state index contributed by atoms with van der Waals surface area (Å²) in [6.45, 7) is 1.23.